The number of amides is 1. The summed E-state index contributed by atoms with van der Waals surface area (Å²) in [7, 11) is 0. The molecule has 4 nitrogen and oxygen atoms in total. The van der Waals surface area contributed by atoms with Gasteiger partial charge in [-0.25, -0.2) is 0 Å². The summed E-state index contributed by atoms with van der Waals surface area (Å²) in [5, 5.41) is 8.98. The highest BCUT2D eigenvalue weighted by atomic mass is 16.5. The number of carbonyl (C=O) groups excluding carboxylic acids is 1. The van der Waals surface area contributed by atoms with Gasteiger partial charge in [-0.3, -0.25) is 4.79 Å². The number of β-amino-alcohol motifs (C(OH)–C–C–N with tert-alkyl or cyclic N) is 1. The maximum Gasteiger partial charge on any atom is 0.228 e. The lowest BCUT2D eigenvalue weighted by Crippen LogP contribution is -2.55. The molecule has 0 aromatic heterocycles. The molecule has 0 aromatic rings. The van der Waals surface area contributed by atoms with Crippen LogP contribution in [0.5, 0.6) is 0 Å². The van der Waals surface area contributed by atoms with Crippen molar-refractivity contribution in [3.05, 3.63) is 0 Å². The number of hydrogen-bond acceptors (Lipinski definition) is 3. The predicted octanol–water partition coefficient (Wildman–Crippen LogP) is -0.774. The predicted molar refractivity (Wildman–Crippen MR) is 41.5 cm³/mol. The lowest BCUT2D eigenvalue weighted by molar-refractivity contribution is -0.145. The number of likely N-dealkylation sites (tertiary alicyclic amines) is 1. The Kier molecular flexibility index (Phi) is 2.02. The third-order valence-electron chi connectivity index (χ3n) is 2.45. The molecule has 2 heterocycles. The van der Waals surface area contributed by atoms with E-state index in [4.69, 9.17) is 9.84 Å². The maximum absolute atomic E-state index is 11.5. The second-order valence-corrected chi connectivity index (χ2v) is 3.46. The Morgan fingerprint density at radius 1 is 1.50 bits per heavy atom. The number of aliphatic hydroxyl groups is 1. The second kappa shape index (κ2) is 3.03. The van der Waals surface area contributed by atoms with E-state index in [-0.39, 0.29) is 17.9 Å². The highest BCUT2D eigenvalue weighted by Gasteiger charge is 2.34. The van der Waals surface area contributed by atoms with Crippen LogP contribution in [0.4, 0.5) is 0 Å². The molecule has 68 valence electrons. The normalized spacial score (nSPS) is 30.4. The van der Waals surface area contributed by atoms with Gasteiger partial charge in [0.2, 0.25) is 5.91 Å². The fourth-order valence-electron chi connectivity index (χ4n) is 1.62. The molecule has 2 aliphatic heterocycles. The molecule has 1 N–H and O–H groups in total. The number of carbonyl (C=O) groups is 1. The standard InChI is InChI=1S/C8H13NO3/c10-7-3-9(4-7)8(11)6-1-2-12-5-6/h6-7,10H,1-5H2/t6-/m0/s1. The smallest absolute Gasteiger partial charge is 0.228 e. The van der Waals surface area contributed by atoms with E-state index in [1.165, 1.54) is 0 Å². The van der Waals surface area contributed by atoms with Crippen molar-refractivity contribution in [3.8, 4) is 0 Å². The SMILES string of the molecule is O=C([C@H]1CCOC1)N1CC(O)C1. The van der Waals surface area contributed by atoms with Crippen LogP contribution >= 0.6 is 0 Å². The minimum absolute atomic E-state index is 0.0532. The average Bonchev–Trinajstić information content (AvgIpc) is 2.49. The van der Waals surface area contributed by atoms with Crippen molar-refractivity contribution in [1.29, 1.82) is 0 Å². The molecule has 2 aliphatic rings. The quantitative estimate of drug-likeness (QED) is 0.563. The van der Waals surface area contributed by atoms with Gasteiger partial charge >= 0.3 is 0 Å². The molecule has 2 saturated heterocycles. The first-order valence-corrected chi connectivity index (χ1v) is 4.32. The Balaban J connectivity index is 1.83. The van der Waals surface area contributed by atoms with Crippen LogP contribution in [0.3, 0.4) is 0 Å². The summed E-state index contributed by atoms with van der Waals surface area (Å²) in [6.45, 7) is 2.28. The summed E-state index contributed by atoms with van der Waals surface area (Å²) >= 11 is 0. The van der Waals surface area contributed by atoms with Crippen molar-refractivity contribution in [3.63, 3.8) is 0 Å². The van der Waals surface area contributed by atoms with Crippen LogP contribution in [0, 0.1) is 5.92 Å². The number of ether oxygens (including phenoxy) is 1. The first-order valence-electron chi connectivity index (χ1n) is 4.32. The number of nitrogens with zero attached hydrogens (tertiary/aromatic N) is 1. The summed E-state index contributed by atoms with van der Waals surface area (Å²) in [6, 6.07) is 0. The summed E-state index contributed by atoms with van der Waals surface area (Å²) in [5.41, 5.74) is 0. The number of rotatable bonds is 1. The zero-order valence-corrected chi connectivity index (χ0v) is 6.90. The molecule has 1 atom stereocenters. The molecule has 2 fully saturated rings. The van der Waals surface area contributed by atoms with E-state index >= 15 is 0 Å². The van der Waals surface area contributed by atoms with Crippen LogP contribution in [-0.4, -0.2) is 48.3 Å². The summed E-state index contributed by atoms with van der Waals surface area (Å²) in [5.74, 6) is 0.204. The minimum Gasteiger partial charge on any atom is -0.389 e. The molecule has 0 saturated carbocycles. The Morgan fingerprint density at radius 3 is 2.75 bits per heavy atom. The molecule has 0 unspecified atom stereocenters. The van der Waals surface area contributed by atoms with Gasteiger partial charge in [0.05, 0.1) is 18.6 Å². The second-order valence-electron chi connectivity index (χ2n) is 3.46. The molecule has 2 rings (SSSR count). The topological polar surface area (TPSA) is 49.8 Å². The molecular formula is C8H13NO3. The fraction of sp³-hybridized carbons (Fsp3) is 0.875. The van der Waals surface area contributed by atoms with Crippen molar-refractivity contribution in [1.82, 2.24) is 4.90 Å². The van der Waals surface area contributed by atoms with Gasteiger partial charge in [0.15, 0.2) is 0 Å². The fourth-order valence-corrected chi connectivity index (χ4v) is 1.62. The van der Waals surface area contributed by atoms with E-state index in [0.717, 1.165) is 6.42 Å². The van der Waals surface area contributed by atoms with Gasteiger partial charge in [0.25, 0.3) is 0 Å². The van der Waals surface area contributed by atoms with Crippen molar-refractivity contribution in [2.45, 2.75) is 12.5 Å². The van der Waals surface area contributed by atoms with Crippen LogP contribution in [0.15, 0.2) is 0 Å². The highest BCUT2D eigenvalue weighted by Crippen LogP contribution is 2.19. The molecule has 0 aromatic carbocycles. The molecule has 0 aliphatic carbocycles. The van der Waals surface area contributed by atoms with E-state index in [9.17, 15) is 4.79 Å². The van der Waals surface area contributed by atoms with Crippen LogP contribution in [0.25, 0.3) is 0 Å². The summed E-state index contributed by atoms with van der Waals surface area (Å²) < 4.78 is 5.11. The van der Waals surface area contributed by atoms with Gasteiger partial charge < -0.3 is 14.7 Å². The van der Waals surface area contributed by atoms with Crippen molar-refractivity contribution < 1.29 is 14.6 Å². The van der Waals surface area contributed by atoms with E-state index < -0.39 is 0 Å². The van der Waals surface area contributed by atoms with E-state index in [1.807, 2.05) is 0 Å². The number of aliphatic hydroxyl groups excluding tert-OH is 1. The van der Waals surface area contributed by atoms with E-state index in [0.29, 0.717) is 26.3 Å². The Bertz CT molecular complexity index is 183. The Labute approximate surface area is 71.1 Å². The van der Waals surface area contributed by atoms with Crippen molar-refractivity contribution >= 4 is 5.91 Å². The van der Waals surface area contributed by atoms with Crippen molar-refractivity contribution in [2.75, 3.05) is 26.3 Å². The molecule has 0 bridgehead atoms. The average molecular weight is 171 g/mol. The van der Waals surface area contributed by atoms with Crippen LogP contribution in [-0.2, 0) is 9.53 Å². The lowest BCUT2D eigenvalue weighted by atomic mass is 10.0. The Morgan fingerprint density at radius 2 is 2.25 bits per heavy atom. The van der Waals surface area contributed by atoms with Gasteiger partial charge in [0, 0.05) is 19.7 Å². The first kappa shape index (κ1) is 8.01. The van der Waals surface area contributed by atoms with E-state index in [2.05, 4.69) is 0 Å². The third-order valence-corrected chi connectivity index (χ3v) is 2.45. The molecular weight excluding hydrogens is 158 g/mol. The zero-order chi connectivity index (χ0) is 8.55. The highest BCUT2D eigenvalue weighted by molar-refractivity contribution is 5.80. The van der Waals surface area contributed by atoms with Gasteiger partial charge in [0.1, 0.15) is 0 Å². The molecule has 0 spiro atoms. The van der Waals surface area contributed by atoms with Gasteiger partial charge in [-0.05, 0) is 6.42 Å². The Hall–Kier alpha value is -0.610. The molecule has 0 radical (unpaired) electrons. The zero-order valence-electron chi connectivity index (χ0n) is 6.90. The van der Waals surface area contributed by atoms with Gasteiger partial charge in [-0.15, -0.1) is 0 Å². The van der Waals surface area contributed by atoms with Gasteiger partial charge in [-0.1, -0.05) is 0 Å². The van der Waals surface area contributed by atoms with Crippen LogP contribution < -0.4 is 0 Å². The molecule has 12 heavy (non-hydrogen) atoms. The maximum atomic E-state index is 11.5. The largest absolute Gasteiger partial charge is 0.389 e. The first-order chi connectivity index (χ1) is 5.77. The third kappa shape index (κ3) is 1.32. The van der Waals surface area contributed by atoms with Crippen LogP contribution in [0.1, 0.15) is 6.42 Å². The van der Waals surface area contributed by atoms with Crippen LogP contribution in [0.2, 0.25) is 0 Å². The number of hydrogen-bond donors (Lipinski definition) is 1. The van der Waals surface area contributed by atoms with Gasteiger partial charge in [-0.2, -0.15) is 0 Å². The van der Waals surface area contributed by atoms with Crippen molar-refractivity contribution in [2.24, 2.45) is 5.92 Å². The minimum atomic E-state index is -0.295. The molecule has 1 amide bonds. The summed E-state index contributed by atoms with van der Waals surface area (Å²) in [4.78, 5) is 13.2. The monoisotopic (exact) mass is 171 g/mol. The lowest BCUT2D eigenvalue weighted by Gasteiger charge is -2.37. The van der Waals surface area contributed by atoms with E-state index in [1.54, 1.807) is 4.90 Å². The summed E-state index contributed by atoms with van der Waals surface area (Å²) in [6.07, 6.45) is 0.544. The molecule has 4 heteroatoms.